The molecule has 3 aromatic rings. The van der Waals surface area contributed by atoms with E-state index in [1.165, 1.54) is 62.6 Å². The summed E-state index contributed by atoms with van der Waals surface area (Å²) in [5.41, 5.74) is 0.380. The number of carbonyl (C=O) groups is 3. The lowest BCUT2D eigenvalue weighted by atomic mass is 10.1. The molecule has 2 aromatic carbocycles. The number of nitrogens with one attached hydrogen (secondary N) is 2. The lowest BCUT2D eigenvalue weighted by Crippen LogP contribution is -2.46. The third-order valence-electron chi connectivity index (χ3n) is 5.97. The summed E-state index contributed by atoms with van der Waals surface area (Å²) in [6.45, 7) is -0.309. The van der Waals surface area contributed by atoms with Gasteiger partial charge >= 0.3 is 12.1 Å². The van der Waals surface area contributed by atoms with Crippen LogP contribution in [0.15, 0.2) is 48.7 Å². The van der Waals surface area contributed by atoms with Crippen molar-refractivity contribution in [3.05, 3.63) is 70.9 Å². The maximum atomic E-state index is 13.7. The molecule has 208 valence electrons. The zero-order chi connectivity index (χ0) is 28.5. The van der Waals surface area contributed by atoms with Crippen molar-refractivity contribution in [1.29, 1.82) is 0 Å². The number of hydrogen-bond acceptors (Lipinski definition) is 6. The van der Waals surface area contributed by atoms with Gasteiger partial charge in [0, 0.05) is 38.6 Å². The zero-order valence-electron chi connectivity index (χ0n) is 21.5. The predicted molar refractivity (Wildman–Crippen MR) is 141 cm³/mol. The Morgan fingerprint density at radius 2 is 1.87 bits per heavy atom. The van der Waals surface area contributed by atoms with Crippen LogP contribution in [-0.2, 0) is 20.9 Å². The van der Waals surface area contributed by atoms with E-state index in [1.807, 2.05) is 0 Å². The second-order valence-electron chi connectivity index (χ2n) is 8.53. The molecule has 10 nitrogen and oxygen atoms in total. The monoisotopic (exact) mass is 563 g/mol. The minimum absolute atomic E-state index is 0.00880. The highest BCUT2D eigenvalue weighted by molar-refractivity contribution is 6.31. The van der Waals surface area contributed by atoms with E-state index in [0.29, 0.717) is 16.3 Å². The molecular weight excluding hydrogens is 536 g/mol. The number of rotatable bonds is 10. The van der Waals surface area contributed by atoms with Crippen LogP contribution < -0.4 is 10.6 Å². The third kappa shape index (κ3) is 8.23. The fraction of sp³-hybridized carbons (Fsp3) is 0.308. The van der Waals surface area contributed by atoms with E-state index in [1.54, 1.807) is 12.1 Å². The second kappa shape index (κ2) is 13.7. The number of pyridine rings is 1. The summed E-state index contributed by atoms with van der Waals surface area (Å²) in [6.07, 6.45) is 0.751. The molecule has 0 aliphatic carbocycles. The molecule has 0 radical (unpaired) electrons. The van der Waals surface area contributed by atoms with Crippen molar-refractivity contribution in [2.24, 2.45) is 0 Å². The van der Waals surface area contributed by atoms with Crippen LogP contribution >= 0.6 is 11.6 Å². The number of ether oxygens (including phenoxy) is 1. The Kier molecular flexibility index (Phi) is 10.4. The Hall–Kier alpha value is -4.03. The number of urea groups is 1. The standard InChI is InChI=1S/C26H28ClF2N5O5/c1-33(25(36)31-14-17-5-4-6-21(29)24(17)27)20(9-10-23(35)34(2)38-3)15-39-26(37)32-22-12-18-11-19(28)8-7-16(18)13-30-22/h4-8,11-13,20H,9-10,14-15H2,1-3H3,(H,31,36)(H,30,32,37)/t20-/m0/s1. The molecule has 39 heavy (non-hydrogen) atoms. The molecule has 0 saturated heterocycles. The van der Waals surface area contributed by atoms with Gasteiger partial charge in [0.2, 0.25) is 5.91 Å². The smallest absolute Gasteiger partial charge is 0.412 e. The number of anilines is 1. The highest BCUT2D eigenvalue weighted by Crippen LogP contribution is 2.20. The van der Waals surface area contributed by atoms with Crippen LogP contribution in [0.4, 0.5) is 24.2 Å². The molecule has 3 rings (SSSR count). The fourth-order valence-corrected chi connectivity index (χ4v) is 3.77. The summed E-state index contributed by atoms with van der Waals surface area (Å²) in [5.74, 6) is -1.25. The second-order valence-corrected chi connectivity index (χ2v) is 8.91. The minimum atomic E-state index is -0.857. The molecule has 0 unspecified atom stereocenters. The minimum Gasteiger partial charge on any atom is -0.447 e. The summed E-state index contributed by atoms with van der Waals surface area (Å²) in [6, 6.07) is 8.65. The maximum absolute atomic E-state index is 13.7. The number of benzene rings is 2. The lowest BCUT2D eigenvalue weighted by molar-refractivity contribution is -0.169. The van der Waals surface area contributed by atoms with Crippen molar-refractivity contribution in [2.75, 3.05) is 33.1 Å². The average molecular weight is 564 g/mol. The molecule has 13 heteroatoms. The quantitative estimate of drug-likeness (QED) is 0.345. The van der Waals surface area contributed by atoms with Crippen LogP contribution in [0.25, 0.3) is 10.8 Å². The van der Waals surface area contributed by atoms with Crippen molar-refractivity contribution in [2.45, 2.75) is 25.4 Å². The van der Waals surface area contributed by atoms with Gasteiger partial charge in [0.15, 0.2) is 0 Å². The predicted octanol–water partition coefficient (Wildman–Crippen LogP) is 4.73. The van der Waals surface area contributed by atoms with Crippen LogP contribution in [0.3, 0.4) is 0 Å². The Labute approximate surface area is 228 Å². The van der Waals surface area contributed by atoms with Crippen molar-refractivity contribution in [3.8, 4) is 0 Å². The molecular formula is C26H28ClF2N5O5. The summed E-state index contributed by atoms with van der Waals surface area (Å²) in [4.78, 5) is 47.8. The summed E-state index contributed by atoms with van der Waals surface area (Å²) >= 11 is 5.96. The van der Waals surface area contributed by atoms with Gasteiger partial charge in [-0.2, -0.15) is 0 Å². The highest BCUT2D eigenvalue weighted by Gasteiger charge is 2.24. The van der Waals surface area contributed by atoms with Gasteiger partial charge < -0.3 is 15.0 Å². The first-order valence-electron chi connectivity index (χ1n) is 11.8. The van der Waals surface area contributed by atoms with E-state index in [2.05, 4.69) is 15.6 Å². The number of hydroxylamine groups is 2. The van der Waals surface area contributed by atoms with Crippen LogP contribution in [0.5, 0.6) is 0 Å². The molecule has 0 aliphatic rings. The fourth-order valence-electron chi connectivity index (χ4n) is 3.58. The summed E-state index contributed by atoms with van der Waals surface area (Å²) in [7, 11) is 4.26. The Bertz CT molecular complexity index is 1350. The van der Waals surface area contributed by atoms with E-state index >= 15 is 0 Å². The number of fused-ring (bicyclic) bond motifs is 1. The van der Waals surface area contributed by atoms with Gasteiger partial charge in [-0.3, -0.25) is 14.9 Å². The number of amides is 4. The zero-order valence-corrected chi connectivity index (χ0v) is 22.3. The molecule has 1 heterocycles. The van der Waals surface area contributed by atoms with E-state index in [4.69, 9.17) is 21.2 Å². The van der Waals surface area contributed by atoms with E-state index in [9.17, 15) is 23.2 Å². The van der Waals surface area contributed by atoms with Gasteiger partial charge in [-0.1, -0.05) is 23.7 Å². The molecule has 1 aromatic heterocycles. The van der Waals surface area contributed by atoms with Gasteiger partial charge in [-0.15, -0.1) is 0 Å². The van der Waals surface area contributed by atoms with E-state index in [-0.39, 0.29) is 42.7 Å². The number of likely N-dealkylation sites (N-methyl/N-ethyl adjacent to an activating group) is 1. The first-order valence-corrected chi connectivity index (χ1v) is 12.2. The first kappa shape index (κ1) is 29.5. The summed E-state index contributed by atoms with van der Waals surface area (Å²) < 4.78 is 32.6. The largest absolute Gasteiger partial charge is 0.447 e. The molecule has 0 spiro atoms. The van der Waals surface area contributed by atoms with Crippen molar-refractivity contribution in [1.82, 2.24) is 20.3 Å². The number of nitrogens with zero attached hydrogens (tertiary/aromatic N) is 3. The Morgan fingerprint density at radius 1 is 1.10 bits per heavy atom. The molecule has 0 fully saturated rings. The number of carbonyl (C=O) groups excluding carboxylic acids is 3. The number of halogens is 3. The van der Waals surface area contributed by atoms with E-state index in [0.717, 1.165) is 5.06 Å². The van der Waals surface area contributed by atoms with Crippen molar-refractivity contribution < 1.29 is 32.7 Å². The van der Waals surface area contributed by atoms with E-state index < -0.39 is 29.8 Å². The van der Waals surface area contributed by atoms with Crippen LogP contribution in [-0.4, -0.2) is 66.8 Å². The lowest BCUT2D eigenvalue weighted by Gasteiger charge is -2.28. The molecule has 1 atom stereocenters. The number of aromatic nitrogens is 1. The Morgan fingerprint density at radius 3 is 2.62 bits per heavy atom. The molecule has 0 aliphatic heterocycles. The van der Waals surface area contributed by atoms with Crippen LogP contribution in [0.2, 0.25) is 5.02 Å². The molecule has 4 amide bonds. The van der Waals surface area contributed by atoms with Gasteiger partial charge in [-0.25, -0.2) is 28.4 Å². The molecule has 0 bridgehead atoms. The number of hydrogen-bond donors (Lipinski definition) is 2. The Balaban J connectivity index is 1.64. The van der Waals surface area contributed by atoms with Crippen molar-refractivity contribution >= 4 is 46.2 Å². The van der Waals surface area contributed by atoms with Crippen LogP contribution in [0.1, 0.15) is 18.4 Å². The van der Waals surface area contributed by atoms with Gasteiger partial charge in [0.1, 0.15) is 24.1 Å². The van der Waals surface area contributed by atoms with Gasteiger partial charge in [-0.05, 0) is 47.7 Å². The summed E-state index contributed by atoms with van der Waals surface area (Å²) in [5, 5.41) is 7.27. The van der Waals surface area contributed by atoms with Crippen LogP contribution in [0, 0.1) is 11.6 Å². The average Bonchev–Trinajstić information content (AvgIpc) is 2.92. The maximum Gasteiger partial charge on any atom is 0.412 e. The highest BCUT2D eigenvalue weighted by atomic mass is 35.5. The normalized spacial score (nSPS) is 11.5. The van der Waals surface area contributed by atoms with Gasteiger partial charge in [0.25, 0.3) is 0 Å². The molecule has 0 saturated carbocycles. The third-order valence-corrected chi connectivity index (χ3v) is 6.39. The van der Waals surface area contributed by atoms with Crippen molar-refractivity contribution in [3.63, 3.8) is 0 Å². The SMILES string of the molecule is CON(C)C(=O)CC[C@@H](COC(=O)Nc1cc2cc(F)ccc2cn1)N(C)C(=O)NCc1cccc(F)c1Cl. The first-order chi connectivity index (χ1) is 18.6. The molecule has 2 N–H and O–H groups in total. The van der Waals surface area contributed by atoms with Gasteiger partial charge in [0.05, 0.1) is 18.2 Å². The topological polar surface area (TPSA) is 113 Å².